The molecule has 0 spiro atoms. The third-order valence-corrected chi connectivity index (χ3v) is 8.50. The Labute approximate surface area is 230 Å². The first-order valence-corrected chi connectivity index (χ1v) is 14.1. The molecular formula is C32H50N2O4. The van der Waals surface area contributed by atoms with Crippen molar-refractivity contribution in [1.29, 1.82) is 0 Å². The van der Waals surface area contributed by atoms with E-state index in [1.54, 1.807) is 14.2 Å². The predicted octanol–water partition coefficient (Wildman–Crippen LogP) is 4.86. The average Bonchev–Trinajstić information content (AvgIpc) is 2.91. The highest BCUT2D eigenvalue weighted by molar-refractivity contribution is 5.35. The van der Waals surface area contributed by atoms with E-state index in [0.29, 0.717) is 0 Å². The van der Waals surface area contributed by atoms with Gasteiger partial charge in [-0.15, -0.1) is 0 Å². The molecule has 0 amide bonds. The van der Waals surface area contributed by atoms with Crippen molar-refractivity contribution in [2.45, 2.75) is 74.4 Å². The molecule has 2 aromatic rings. The normalized spacial score (nSPS) is 27.5. The van der Waals surface area contributed by atoms with Gasteiger partial charge in [0.05, 0.1) is 26.4 Å². The maximum atomic E-state index is 10.6. The molecule has 2 aliphatic carbocycles. The van der Waals surface area contributed by atoms with Gasteiger partial charge < -0.3 is 29.5 Å². The van der Waals surface area contributed by atoms with Crippen molar-refractivity contribution >= 4 is 0 Å². The molecule has 0 aromatic heterocycles. The summed E-state index contributed by atoms with van der Waals surface area (Å²) in [7, 11) is 11.7. The van der Waals surface area contributed by atoms with Gasteiger partial charge >= 0.3 is 0 Å². The molecule has 212 valence electrons. The molecule has 4 rings (SSSR count). The zero-order valence-corrected chi connectivity index (χ0v) is 24.4. The van der Waals surface area contributed by atoms with Gasteiger partial charge in [0.15, 0.2) is 0 Å². The van der Waals surface area contributed by atoms with E-state index in [1.807, 2.05) is 24.3 Å². The van der Waals surface area contributed by atoms with Crippen molar-refractivity contribution in [3.8, 4) is 11.5 Å². The summed E-state index contributed by atoms with van der Waals surface area (Å²) in [5, 5.41) is 21.2. The van der Waals surface area contributed by atoms with Gasteiger partial charge in [-0.2, -0.15) is 0 Å². The minimum atomic E-state index is -0.253. The van der Waals surface area contributed by atoms with E-state index in [-0.39, 0.29) is 23.0 Å². The fourth-order valence-corrected chi connectivity index (χ4v) is 6.64. The number of methoxy groups -OCH3 is 2. The fraction of sp³-hybridized carbons (Fsp3) is 0.625. The molecule has 6 nitrogen and oxygen atoms in total. The van der Waals surface area contributed by atoms with E-state index < -0.39 is 0 Å². The van der Waals surface area contributed by atoms with Crippen LogP contribution >= 0.6 is 0 Å². The van der Waals surface area contributed by atoms with Gasteiger partial charge in [-0.3, -0.25) is 0 Å². The van der Waals surface area contributed by atoms with Gasteiger partial charge in [0.2, 0.25) is 0 Å². The monoisotopic (exact) mass is 526 g/mol. The lowest BCUT2D eigenvalue weighted by atomic mass is 9.67. The van der Waals surface area contributed by atoms with E-state index in [4.69, 9.17) is 9.47 Å². The molecule has 6 heteroatoms. The molecule has 4 atom stereocenters. The Balaban J connectivity index is 0.000000211. The second-order valence-corrected chi connectivity index (χ2v) is 11.8. The van der Waals surface area contributed by atoms with E-state index in [1.165, 1.54) is 24.0 Å². The largest absolute Gasteiger partial charge is 0.497 e. The van der Waals surface area contributed by atoms with Crippen LogP contribution in [-0.4, -0.2) is 87.7 Å². The van der Waals surface area contributed by atoms with Gasteiger partial charge in [0.1, 0.15) is 11.5 Å². The molecule has 38 heavy (non-hydrogen) atoms. The first-order chi connectivity index (χ1) is 18.2. The Hall–Kier alpha value is -2.12. The van der Waals surface area contributed by atoms with Gasteiger partial charge in [-0.1, -0.05) is 49.9 Å². The van der Waals surface area contributed by atoms with E-state index in [9.17, 15) is 10.2 Å². The van der Waals surface area contributed by atoms with Crippen LogP contribution in [-0.2, 0) is 10.8 Å². The second kappa shape index (κ2) is 13.8. The van der Waals surface area contributed by atoms with Crippen LogP contribution in [0.4, 0.5) is 0 Å². The van der Waals surface area contributed by atoms with Gasteiger partial charge in [-0.25, -0.2) is 0 Å². The summed E-state index contributed by atoms with van der Waals surface area (Å²) in [5.41, 5.74) is 2.20. The van der Waals surface area contributed by atoms with Crippen LogP contribution in [0.15, 0.2) is 48.5 Å². The third-order valence-electron chi connectivity index (χ3n) is 8.50. The number of hydrogen-bond donors (Lipinski definition) is 2. The zero-order valence-electron chi connectivity index (χ0n) is 24.4. The van der Waals surface area contributed by atoms with Crippen molar-refractivity contribution < 1.29 is 19.7 Å². The van der Waals surface area contributed by atoms with Crippen molar-refractivity contribution in [2.75, 3.05) is 55.5 Å². The Kier molecular flexibility index (Phi) is 11.0. The quantitative estimate of drug-likeness (QED) is 0.512. The summed E-state index contributed by atoms with van der Waals surface area (Å²) in [6.07, 6.45) is 8.05. The minimum Gasteiger partial charge on any atom is -0.497 e. The van der Waals surface area contributed by atoms with Gasteiger partial charge in [-0.05, 0) is 89.3 Å². The summed E-state index contributed by atoms with van der Waals surface area (Å²) in [6.45, 7) is 1.78. The van der Waals surface area contributed by atoms with Crippen LogP contribution in [0.25, 0.3) is 0 Å². The molecule has 2 saturated carbocycles. The van der Waals surface area contributed by atoms with E-state index in [2.05, 4.69) is 62.3 Å². The summed E-state index contributed by atoms with van der Waals surface area (Å²) >= 11 is 0. The standard InChI is InChI=1S/2C16H25NO2/c2*1-17(2)12-16(11-5-4-6-15(16)18)13-7-9-14(19-3)10-8-13/h2*7-10,15,18H,4-6,11-12H2,1-3H3/t2*15-,16-/m10/s1. The Morgan fingerprint density at radius 1 is 0.632 bits per heavy atom. The summed E-state index contributed by atoms with van der Waals surface area (Å²) < 4.78 is 10.4. The lowest BCUT2D eigenvalue weighted by Crippen LogP contribution is -2.49. The highest BCUT2D eigenvalue weighted by Gasteiger charge is 2.42. The molecule has 0 heterocycles. The summed E-state index contributed by atoms with van der Waals surface area (Å²) in [5.74, 6) is 1.74. The number of likely N-dealkylation sites (N-methyl/N-ethyl adjacent to an activating group) is 2. The number of benzene rings is 2. The first-order valence-electron chi connectivity index (χ1n) is 14.1. The highest BCUT2D eigenvalue weighted by atomic mass is 16.5. The number of hydrogen-bond acceptors (Lipinski definition) is 6. The van der Waals surface area contributed by atoms with Gasteiger partial charge in [0.25, 0.3) is 0 Å². The van der Waals surface area contributed by atoms with E-state index >= 15 is 0 Å². The van der Waals surface area contributed by atoms with Crippen LogP contribution in [0.3, 0.4) is 0 Å². The highest BCUT2D eigenvalue weighted by Crippen LogP contribution is 2.42. The first kappa shape index (κ1) is 30.4. The molecule has 0 bridgehead atoms. The summed E-state index contributed by atoms with van der Waals surface area (Å²) in [6, 6.07) is 16.4. The third kappa shape index (κ3) is 7.09. The predicted molar refractivity (Wildman–Crippen MR) is 155 cm³/mol. The van der Waals surface area contributed by atoms with Crippen LogP contribution in [0.2, 0.25) is 0 Å². The molecule has 0 unspecified atom stereocenters. The number of rotatable bonds is 8. The molecule has 0 saturated heterocycles. The Bertz CT molecular complexity index is 883. The van der Waals surface area contributed by atoms with E-state index in [0.717, 1.165) is 63.1 Å². The maximum absolute atomic E-state index is 10.6. The Morgan fingerprint density at radius 3 is 1.24 bits per heavy atom. The molecule has 0 radical (unpaired) electrons. The fourth-order valence-electron chi connectivity index (χ4n) is 6.64. The smallest absolute Gasteiger partial charge is 0.118 e. The molecule has 2 N–H and O–H groups in total. The number of nitrogens with zero attached hydrogens (tertiary/aromatic N) is 2. The van der Waals surface area contributed by atoms with Crippen molar-refractivity contribution in [3.05, 3.63) is 59.7 Å². The van der Waals surface area contributed by atoms with Crippen LogP contribution in [0, 0.1) is 0 Å². The molecule has 2 fully saturated rings. The second-order valence-electron chi connectivity index (χ2n) is 11.8. The van der Waals surface area contributed by atoms with Crippen molar-refractivity contribution in [3.63, 3.8) is 0 Å². The van der Waals surface area contributed by atoms with Crippen LogP contribution in [0.5, 0.6) is 11.5 Å². The number of ether oxygens (including phenoxy) is 2. The lowest BCUT2D eigenvalue weighted by Gasteiger charge is -2.43. The van der Waals surface area contributed by atoms with Crippen molar-refractivity contribution in [1.82, 2.24) is 9.80 Å². The zero-order chi connectivity index (χ0) is 27.8. The number of aliphatic hydroxyl groups excluding tert-OH is 2. The lowest BCUT2D eigenvalue weighted by molar-refractivity contribution is 0.0263. The molecule has 2 aliphatic rings. The van der Waals surface area contributed by atoms with Crippen LogP contribution in [0.1, 0.15) is 62.5 Å². The van der Waals surface area contributed by atoms with Gasteiger partial charge in [0, 0.05) is 23.9 Å². The average molecular weight is 527 g/mol. The maximum Gasteiger partial charge on any atom is 0.118 e. The molecule has 2 aromatic carbocycles. The van der Waals surface area contributed by atoms with Crippen molar-refractivity contribution in [2.24, 2.45) is 0 Å². The molecular weight excluding hydrogens is 476 g/mol. The SMILES string of the molecule is COc1ccc([C@@]2(CN(C)C)CCCC[C@@H]2O)cc1.COc1ccc([C@]2(CN(C)C)CCCC[C@H]2O)cc1. The van der Waals surface area contributed by atoms with Crippen LogP contribution < -0.4 is 9.47 Å². The Morgan fingerprint density at radius 2 is 0.974 bits per heavy atom. The summed E-state index contributed by atoms with van der Waals surface area (Å²) in [4.78, 5) is 4.36. The molecule has 0 aliphatic heterocycles. The number of aliphatic hydroxyl groups is 2. The minimum absolute atomic E-state index is 0.131. The topological polar surface area (TPSA) is 65.4 Å².